The molecule has 0 bridgehead atoms. The van der Waals surface area contributed by atoms with E-state index in [2.05, 4.69) is 30.5 Å². The van der Waals surface area contributed by atoms with Crippen molar-refractivity contribution in [2.24, 2.45) is 5.92 Å². The van der Waals surface area contributed by atoms with Crippen LogP contribution in [0, 0.1) is 5.92 Å². The number of allylic oxidation sites excluding steroid dienone is 1. The molecule has 0 aliphatic carbocycles. The Labute approximate surface area is 106 Å². The Morgan fingerprint density at radius 1 is 1.47 bits per heavy atom. The first-order valence-corrected chi connectivity index (χ1v) is 6.78. The summed E-state index contributed by atoms with van der Waals surface area (Å²) in [5.41, 5.74) is 0. The van der Waals surface area contributed by atoms with Crippen molar-refractivity contribution in [3.8, 4) is 0 Å². The van der Waals surface area contributed by atoms with Gasteiger partial charge in [0.05, 0.1) is 6.10 Å². The number of nitrogens with zero attached hydrogens (tertiary/aromatic N) is 2. The maximum atomic E-state index is 9.82. The maximum absolute atomic E-state index is 9.82. The fraction of sp³-hybridized carbons (Fsp3) is 0.857. The molecule has 1 heterocycles. The quantitative estimate of drug-likeness (QED) is 0.685. The Kier molecular flexibility index (Phi) is 6.78. The molecule has 0 spiro atoms. The van der Waals surface area contributed by atoms with Crippen LogP contribution < -0.4 is 0 Å². The minimum absolute atomic E-state index is 0.204. The Balaban J connectivity index is 2.15. The van der Waals surface area contributed by atoms with Crippen LogP contribution >= 0.6 is 0 Å². The second-order valence-electron chi connectivity index (χ2n) is 5.49. The van der Waals surface area contributed by atoms with E-state index in [-0.39, 0.29) is 6.10 Å². The Morgan fingerprint density at radius 3 is 2.71 bits per heavy atom. The zero-order valence-electron chi connectivity index (χ0n) is 11.4. The van der Waals surface area contributed by atoms with E-state index in [0.717, 1.165) is 31.8 Å². The molecule has 1 aliphatic rings. The molecular weight excluding hydrogens is 212 g/mol. The normalized spacial score (nSPS) is 20.7. The second-order valence-corrected chi connectivity index (χ2v) is 5.49. The molecule has 1 fully saturated rings. The molecule has 1 saturated heterocycles. The van der Waals surface area contributed by atoms with Crippen molar-refractivity contribution in [1.29, 1.82) is 0 Å². The minimum atomic E-state index is -0.204. The van der Waals surface area contributed by atoms with E-state index in [1.54, 1.807) is 0 Å². The maximum Gasteiger partial charge on any atom is 0.0670 e. The fourth-order valence-electron chi connectivity index (χ4n) is 2.52. The molecule has 0 aromatic rings. The van der Waals surface area contributed by atoms with Crippen molar-refractivity contribution < 1.29 is 5.11 Å². The highest BCUT2D eigenvalue weighted by molar-refractivity contribution is 4.75. The monoisotopic (exact) mass is 240 g/mol. The van der Waals surface area contributed by atoms with Gasteiger partial charge in [0.15, 0.2) is 0 Å². The van der Waals surface area contributed by atoms with E-state index in [4.69, 9.17) is 0 Å². The van der Waals surface area contributed by atoms with Crippen molar-refractivity contribution in [2.75, 3.05) is 40.3 Å². The van der Waals surface area contributed by atoms with Crippen molar-refractivity contribution in [3.05, 3.63) is 12.7 Å². The molecule has 3 heteroatoms. The summed E-state index contributed by atoms with van der Waals surface area (Å²) >= 11 is 0. The Morgan fingerprint density at radius 2 is 2.12 bits per heavy atom. The summed E-state index contributed by atoms with van der Waals surface area (Å²) < 4.78 is 0. The molecule has 17 heavy (non-hydrogen) atoms. The van der Waals surface area contributed by atoms with Crippen molar-refractivity contribution >= 4 is 0 Å². The third-order valence-corrected chi connectivity index (χ3v) is 3.63. The van der Waals surface area contributed by atoms with E-state index < -0.39 is 0 Å². The number of hydrogen-bond donors (Lipinski definition) is 1. The van der Waals surface area contributed by atoms with Gasteiger partial charge in [0.1, 0.15) is 0 Å². The summed E-state index contributed by atoms with van der Waals surface area (Å²) in [7, 11) is 4.31. The summed E-state index contributed by atoms with van der Waals surface area (Å²) in [6.07, 6.45) is 6.00. The number of likely N-dealkylation sites (tertiary alicyclic amines) is 1. The molecule has 1 aliphatic heterocycles. The lowest BCUT2D eigenvalue weighted by Crippen LogP contribution is -2.38. The van der Waals surface area contributed by atoms with Crippen LogP contribution in [0.4, 0.5) is 0 Å². The van der Waals surface area contributed by atoms with Gasteiger partial charge in [-0.1, -0.05) is 6.08 Å². The minimum Gasteiger partial charge on any atom is -0.392 e. The molecule has 0 radical (unpaired) electrons. The molecule has 0 amide bonds. The topological polar surface area (TPSA) is 26.7 Å². The summed E-state index contributed by atoms with van der Waals surface area (Å²) in [4.78, 5) is 4.68. The van der Waals surface area contributed by atoms with Gasteiger partial charge in [-0.25, -0.2) is 0 Å². The van der Waals surface area contributed by atoms with E-state index in [0.29, 0.717) is 0 Å². The Hall–Kier alpha value is -0.380. The van der Waals surface area contributed by atoms with Crippen LogP contribution in [0.25, 0.3) is 0 Å². The molecule has 1 atom stereocenters. The number of likely N-dealkylation sites (N-methyl/N-ethyl adjacent to an activating group) is 1. The SMILES string of the molecule is C=CCCC(O)CN(C)CC1CCN(C)CC1. The number of aliphatic hydroxyl groups excluding tert-OH is 1. The van der Waals surface area contributed by atoms with Crippen LogP contribution in [0.5, 0.6) is 0 Å². The first kappa shape index (κ1) is 14.7. The van der Waals surface area contributed by atoms with Gasteiger partial charge in [-0.2, -0.15) is 0 Å². The predicted octanol–water partition coefficient (Wildman–Crippen LogP) is 1.59. The van der Waals surface area contributed by atoms with Crippen LogP contribution in [0.3, 0.4) is 0 Å². The average Bonchev–Trinajstić information content (AvgIpc) is 2.29. The van der Waals surface area contributed by atoms with E-state index in [1.165, 1.54) is 25.9 Å². The molecule has 3 nitrogen and oxygen atoms in total. The van der Waals surface area contributed by atoms with Crippen molar-refractivity contribution in [1.82, 2.24) is 9.80 Å². The summed E-state index contributed by atoms with van der Waals surface area (Å²) in [5, 5.41) is 9.82. The van der Waals surface area contributed by atoms with Gasteiger partial charge < -0.3 is 14.9 Å². The fourth-order valence-corrected chi connectivity index (χ4v) is 2.52. The van der Waals surface area contributed by atoms with Crippen LogP contribution in [0.15, 0.2) is 12.7 Å². The van der Waals surface area contributed by atoms with Crippen LogP contribution in [0.1, 0.15) is 25.7 Å². The zero-order valence-corrected chi connectivity index (χ0v) is 11.4. The number of piperidine rings is 1. The largest absolute Gasteiger partial charge is 0.392 e. The number of hydrogen-bond acceptors (Lipinski definition) is 3. The lowest BCUT2D eigenvalue weighted by atomic mass is 9.96. The van der Waals surface area contributed by atoms with E-state index in [9.17, 15) is 5.11 Å². The lowest BCUT2D eigenvalue weighted by molar-refractivity contribution is 0.100. The first-order valence-electron chi connectivity index (χ1n) is 6.78. The van der Waals surface area contributed by atoms with Crippen LogP contribution in [-0.4, -0.2) is 61.3 Å². The smallest absolute Gasteiger partial charge is 0.0670 e. The van der Waals surface area contributed by atoms with Gasteiger partial charge in [0.2, 0.25) is 0 Å². The molecule has 1 unspecified atom stereocenters. The zero-order chi connectivity index (χ0) is 12.7. The molecule has 0 aromatic carbocycles. The summed E-state index contributed by atoms with van der Waals surface area (Å²) in [5.74, 6) is 0.808. The van der Waals surface area contributed by atoms with Gasteiger partial charge in [-0.3, -0.25) is 0 Å². The summed E-state index contributed by atoms with van der Waals surface area (Å²) in [6, 6.07) is 0. The highest BCUT2D eigenvalue weighted by atomic mass is 16.3. The molecule has 0 saturated carbocycles. The van der Waals surface area contributed by atoms with Gasteiger partial charge in [-0.05, 0) is 58.8 Å². The number of aliphatic hydroxyl groups is 1. The number of rotatable bonds is 7. The predicted molar refractivity (Wildman–Crippen MR) is 73.2 cm³/mol. The third-order valence-electron chi connectivity index (χ3n) is 3.63. The van der Waals surface area contributed by atoms with Crippen LogP contribution in [-0.2, 0) is 0 Å². The molecule has 1 N–H and O–H groups in total. The average molecular weight is 240 g/mol. The van der Waals surface area contributed by atoms with Crippen molar-refractivity contribution in [2.45, 2.75) is 31.8 Å². The second kappa shape index (κ2) is 7.85. The lowest BCUT2D eigenvalue weighted by Gasteiger charge is -2.32. The van der Waals surface area contributed by atoms with Crippen LogP contribution in [0.2, 0.25) is 0 Å². The molecule has 100 valence electrons. The van der Waals surface area contributed by atoms with Gasteiger partial charge in [0.25, 0.3) is 0 Å². The first-order chi connectivity index (χ1) is 8.11. The van der Waals surface area contributed by atoms with E-state index in [1.807, 2.05) is 6.08 Å². The Bertz CT molecular complexity index is 212. The standard InChI is InChI=1S/C14H28N2O/c1-4-5-6-14(17)12-16(3)11-13-7-9-15(2)10-8-13/h4,13-14,17H,1,5-12H2,2-3H3. The van der Waals surface area contributed by atoms with E-state index >= 15 is 0 Å². The summed E-state index contributed by atoms with van der Waals surface area (Å²) in [6.45, 7) is 8.04. The van der Waals surface area contributed by atoms with Gasteiger partial charge in [0, 0.05) is 13.1 Å². The molecular formula is C14H28N2O. The van der Waals surface area contributed by atoms with Crippen molar-refractivity contribution in [3.63, 3.8) is 0 Å². The third kappa shape index (κ3) is 6.20. The highest BCUT2D eigenvalue weighted by Gasteiger charge is 2.18. The van der Waals surface area contributed by atoms with Gasteiger partial charge >= 0.3 is 0 Å². The molecule has 1 rings (SSSR count). The highest BCUT2D eigenvalue weighted by Crippen LogP contribution is 2.17. The molecule has 0 aromatic heterocycles. The van der Waals surface area contributed by atoms with Gasteiger partial charge in [-0.15, -0.1) is 6.58 Å².